The van der Waals surface area contributed by atoms with Crippen molar-refractivity contribution in [2.45, 2.75) is 26.9 Å². The van der Waals surface area contributed by atoms with Crippen LogP contribution >= 0.6 is 0 Å². The summed E-state index contributed by atoms with van der Waals surface area (Å²) in [5, 5.41) is 8.96. The SMILES string of the molecule is CC(O)CN(C)C(=O)C(C)C. The lowest BCUT2D eigenvalue weighted by Gasteiger charge is -2.20. The largest absolute Gasteiger partial charge is 0.392 e. The molecule has 0 spiro atoms. The van der Waals surface area contributed by atoms with Crippen LogP contribution in [0.3, 0.4) is 0 Å². The fraction of sp³-hybridized carbons (Fsp3) is 0.875. The lowest BCUT2D eigenvalue weighted by molar-refractivity contribution is -0.134. The third-order valence-electron chi connectivity index (χ3n) is 1.41. The van der Waals surface area contributed by atoms with Crippen molar-refractivity contribution in [3.05, 3.63) is 0 Å². The fourth-order valence-corrected chi connectivity index (χ4v) is 0.927. The monoisotopic (exact) mass is 159 g/mol. The maximum absolute atomic E-state index is 11.2. The summed E-state index contributed by atoms with van der Waals surface area (Å²) in [5.74, 6) is 0.0876. The van der Waals surface area contributed by atoms with Crippen molar-refractivity contribution in [2.75, 3.05) is 13.6 Å². The number of aliphatic hydroxyl groups excluding tert-OH is 1. The number of hydrogen-bond acceptors (Lipinski definition) is 2. The summed E-state index contributed by atoms with van der Waals surface area (Å²) in [6.07, 6.45) is -0.442. The Morgan fingerprint density at radius 2 is 1.91 bits per heavy atom. The van der Waals surface area contributed by atoms with E-state index in [0.717, 1.165) is 0 Å². The van der Waals surface area contributed by atoms with Gasteiger partial charge < -0.3 is 10.0 Å². The van der Waals surface area contributed by atoms with Crippen LogP contribution in [0.15, 0.2) is 0 Å². The van der Waals surface area contributed by atoms with Gasteiger partial charge in [0.15, 0.2) is 0 Å². The van der Waals surface area contributed by atoms with E-state index in [0.29, 0.717) is 6.54 Å². The summed E-state index contributed by atoms with van der Waals surface area (Å²) >= 11 is 0. The molecule has 0 aromatic heterocycles. The molecule has 0 aliphatic heterocycles. The van der Waals surface area contributed by atoms with Crippen LogP contribution in [-0.2, 0) is 4.79 Å². The van der Waals surface area contributed by atoms with Gasteiger partial charge in [-0.3, -0.25) is 4.79 Å². The first kappa shape index (κ1) is 10.4. The predicted molar refractivity (Wildman–Crippen MR) is 44.2 cm³/mol. The Bertz CT molecular complexity index is 132. The number of carbonyl (C=O) groups is 1. The topological polar surface area (TPSA) is 40.5 Å². The first-order chi connectivity index (χ1) is 4.95. The van der Waals surface area contributed by atoms with Gasteiger partial charge in [-0.2, -0.15) is 0 Å². The molecule has 0 saturated carbocycles. The van der Waals surface area contributed by atoms with Crippen molar-refractivity contribution >= 4 is 5.91 Å². The molecular formula is C8H17NO2. The molecule has 0 aliphatic rings. The smallest absolute Gasteiger partial charge is 0.224 e. The molecule has 0 bridgehead atoms. The maximum Gasteiger partial charge on any atom is 0.224 e. The summed E-state index contributed by atoms with van der Waals surface area (Å²) in [6.45, 7) is 5.78. The highest BCUT2D eigenvalue weighted by molar-refractivity contribution is 5.77. The molecule has 0 saturated heterocycles. The summed E-state index contributed by atoms with van der Waals surface area (Å²) in [4.78, 5) is 12.7. The van der Waals surface area contributed by atoms with Gasteiger partial charge in [0.05, 0.1) is 6.10 Å². The first-order valence-electron chi connectivity index (χ1n) is 3.88. The molecule has 3 nitrogen and oxygen atoms in total. The molecule has 1 unspecified atom stereocenters. The van der Waals surface area contributed by atoms with Crippen molar-refractivity contribution in [2.24, 2.45) is 5.92 Å². The van der Waals surface area contributed by atoms with Crippen LogP contribution in [0, 0.1) is 5.92 Å². The molecular weight excluding hydrogens is 142 g/mol. The van der Waals surface area contributed by atoms with Crippen molar-refractivity contribution < 1.29 is 9.90 Å². The zero-order valence-corrected chi connectivity index (χ0v) is 7.66. The average Bonchev–Trinajstić information content (AvgIpc) is 1.84. The molecule has 0 heterocycles. The molecule has 0 aromatic rings. The number of hydrogen-bond donors (Lipinski definition) is 1. The second kappa shape index (κ2) is 4.34. The molecule has 0 aliphatic carbocycles. The molecule has 0 radical (unpaired) electrons. The van der Waals surface area contributed by atoms with Gasteiger partial charge in [-0.1, -0.05) is 13.8 Å². The van der Waals surface area contributed by atoms with Gasteiger partial charge in [0.1, 0.15) is 0 Å². The Kier molecular flexibility index (Phi) is 4.11. The zero-order chi connectivity index (χ0) is 9.02. The highest BCUT2D eigenvalue weighted by atomic mass is 16.3. The van der Waals surface area contributed by atoms with E-state index in [-0.39, 0.29) is 11.8 Å². The fourth-order valence-electron chi connectivity index (χ4n) is 0.927. The van der Waals surface area contributed by atoms with Gasteiger partial charge in [0.25, 0.3) is 0 Å². The lowest BCUT2D eigenvalue weighted by Crippen LogP contribution is -2.35. The van der Waals surface area contributed by atoms with Crippen LogP contribution in [0.2, 0.25) is 0 Å². The lowest BCUT2D eigenvalue weighted by atomic mass is 10.2. The van der Waals surface area contributed by atoms with E-state index in [9.17, 15) is 4.79 Å². The second-order valence-electron chi connectivity index (χ2n) is 3.22. The Morgan fingerprint density at radius 3 is 2.18 bits per heavy atom. The quantitative estimate of drug-likeness (QED) is 0.650. The minimum Gasteiger partial charge on any atom is -0.392 e. The van der Waals surface area contributed by atoms with Gasteiger partial charge in [-0.05, 0) is 6.92 Å². The number of rotatable bonds is 3. The van der Waals surface area contributed by atoms with E-state index >= 15 is 0 Å². The second-order valence-corrected chi connectivity index (χ2v) is 3.22. The molecule has 0 rings (SSSR count). The third-order valence-corrected chi connectivity index (χ3v) is 1.41. The van der Waals surface area contributed by atoms with Gasteiger partial charge in [0.2, 0.25) is 5.91 Å². The molecule has 66 valence electrons. The maximum atomic E-state index is 11.2. The summed E-state index contributed by atoms with van der Waals surface area (Å²) in [6, 6.07) is 0. The van der Waals surface area contributed by atoms with Gasteiger partial charge in [0, 0.05) is 19.5 Å². The third kappa shape index (κ3) is 3.98. The summed E-state index contributed by atoms with van der Waals surface area (Å²) in [5.41, 5.74) is 0. The first-order valence-corrected chi connectivity index (χ1v) is 3.88. The Balaban J connectivity index is 3.83. The van der Waals surface area contributed by atoms with Crippen molar-refractivity contribution in [1.82, 2.24) is 4.90 Å². The van der Waals surface area contributed by atoms with Gasteiger partial charge in [-0.15, -0.1) is 0 Å². The van der Waals surface area contributed by atoms with E-state index in [4.69, 9.17) is 5.11 Å². The molecule has 1 N–H and O–H groups in total. The van der Waals surface area contributed by atoms with Crippen LogP contribution in [0.1, 0.15) is 20.8 Å². The van der Waals surface area contributed by atoms with Crippen LogP contribution in [0.4, 0.5) is 0 Å². The number of carbonyl (C=O) groups excluding carboxylic acids is 1. The van der Waals surface area contributed by atoms with Crippen molar-refractivity contribution in [3.63, 3.8) is 0 Å². The van der Waals surface area contributed by atoms with E-state index in [1.54, 1.807) is 18.9 Å². The Hall–Kier alpha value is -0.570. The molecule has 3 heteroatoms. The number of nitrogens with zero attached hydrogens (tertiary/aromatic N) is 1. The standard InChI is InChI=1S/C8H17NO2/c1-6(2)8(11)9(4)5-7(3)10/h6-7,10H,5H2,1-4H3. The van der Waals surface area contributed by atoms with Crippen LogP contribution in [-0.4, -0.2) is 35.6 Å². The number of amides is 1. The highest BCUT2D eigenvalue weighted by Gasteiger charge is 2.13. The number of likely N-dealkylation sites (N-methyl/N-ethyl adjacent to an activating group) is 1. The highest BCUT2D eigenvalue weighted by Crippen LogP contribution is 1.99. The molecule has 1 atom stereocenters. The summed E-state index contributed by atoms with van der Waals surface area (Å²) < 4.78 is 0. The minimum atomic E-state index is -0.442. The van der Waals surface area contributed by atoms with Crippen LogP contribution in [0.25, 0.3) is 0 Å². The van der Waals surface area contributed by atoms with E-state index in [1.807, 2.05) is 13.8 Å². The normalized spacial score (nSPS) is 13.3. The zero-order valence-electron chi connectivity index (χ0n) is 7.66. The van der Waals surface area contributed by atoms with Gasteiger partial charge >= 0.3 is 0 Å². The molecule has 11 heavy (non-hydrogen) atoms. The molecule has 1 amide bonds. The Morgan fingerprint density at radius 1 is 1.45 bits per heavy atom. The molecule has 0 fully saturated rings. The van der Waals surface area contributed by atoms with E-state index in [2.05, 4.69) is 0 Å². The average molecular weight is 159 g/mol. The van der Waals surface area contributed by atoms with Crippen molar-refractivity contribution in [3.8, 4) is 0 Å². The summed E-state index contributed by atoms with van der Waals surface area (Å²) in [7, 11) is 1.70. The van der Waals surface area contributed by atoms with Crippen LogP contribution < -0.4 is 0 Å². The van der Waals surface area contributed by atoms with Crippen molar-refractivity contribution in [1.29, 1.82) is 0 Å². The minimum absolute atomic E-state index is 0.0127. The van der Waals surface area contributed by atoms with Gasteiger partial charge in [-0.25, -0.2) is 0 Å². The van der Waals surface area contributed by atoms with Crippen LogP contribution in [0.5, 0.6) is 0 Å². The number of aliphatic hydroxyl groups is 1. The predicted octanol–water partition coefficient (Wildman–Crippen LogP) is 0.482. The Labute approximate surface area is 68.0 Å². The van der Waals surface area contributed by atoms with E-state index < -0.39 is 6.10 Å². The van der Waals surface area contributed by atoms with E-state index in [1.165, 1.54) is 0 Å². The molecule has 0 aromatic carbocycles.